The average molecular weight is 231 g/mol. The summed E-state index contributed by atoms with van der Waals surface area (Å²) in [5.74, 6) is -0.577. The zero-order chi connectivity index (χ0) is 10.6. The van der Waals surface area contributed by atoms with Crippen LogP contribution in [-0.4, -0.2) is 22.2 Å². The molecule has 1 atom stereocenters. The Morgan fingerprint density at radius 1 is 1.64 bits per heavy atom. The van der Waals surface area contributed by atoms with Crippen LogP contribution < -0.4 is 0 Å². The molecule has 0 aliphatic heterocycles. The molecule has 4 heteroatoms. The van der Waals surface area contributed by atoms with E-state index in [1.807, 2.05) is 31.2 Å². The van der Waals surface area contributed by atoms with Crippen LogP contribution in [0.2, 0.25) is 0 Å². The maximum Gasteiger partial charge on any atom is 0.322 e. The highest BCUT2D eigenvalue weighted by atomic mass is 35.5. The summed E-state index contributed by atoms with van der Waals surface area (Å²) in [4.78, 5) is 11.5. The molecule has 0 spiro atoms. The summed E-state index contributed by atoms with van der Waals surface area (Å²) in [7, 11) is 0. The van der Waals surface area contributed by atoms with Gasteiger partial charge in [-0.3, -0.25) is 4.79 Å². The molecule has 0 aromatic heterocycles. The van der Waals surface area contributed by atoms with Crippen molar-refractivity contribution in [2.45, 2.75) is 17.2 Å². The molecule has 1 aromatic rings. The molecule has 2 nitrogen and oxygen atoms in total. The average Bonchev–Trinajstić information content (AvgIpc) is 2.14. The standard InChI is InChI=1S/C10H11ClO2S/c1-7-3-2-4-8(5-7)14-6-9(11)10(12)13/h2-5,9H,6H2,1H3,(H,12,13). The summed E-state index contributed by atoms with van der Waals surface area (Å²) in [6.45, 7) is 2.00. The second-order valence-electron chi connectivity index (χ2n) is 2.93. The van der Waals surface area contributed by atoms with Crippen LogP contribution in [0, 0.1) is 6.92 Å². The highest BCUT2D eigenvalue weighted by Gasteiger charge is 2.13. The molecule has 0 fully saturated rings. The first-order chi connectivity index (χ1) is 6.59. The predicted octanol–water partition coefficient (Wildman–Crippen LogP) is 2.78. The van der Waals surface area contributed by atoms with Gasteiger partial charge in [0.1, 0.15) is 5.38 Å². The van der Waals surface area contributed by atoms with Crippen LogP contribution in [0.3, 0.4) is 0 Å². The summed E-state index contributed by atoms with van der Waals surface area (Å²) in [6.07, 6.45) is 0. The Bertz CT molecular complexity index is 328. The largest absolute Gasteiger partial charge is 0.480 e. The molecule has 1 N–H and O–H groups in total. The summed E-state index contributed by atoms with van der Waals surface area (Å²) < 4.78 is 0. The van der Waals surface area contributed by atoms with E-state index in [-0.39, 0.29) is 0 Å². The molecule has 0 heterocycles. The molecule has 1 aromatic carbocycles. The van der Waals surface area contributed by atoms with Crippen molar-refractivity contribution in [1.29, 1.82) is 0 Å². The fraction of sp³-hybridized carbons (Fsp3) is 0.300. The first-order valence-corrected chi connectivity index (χ1v) is 5.58. The van der Waals surface area contributed by atoms with Crippen LogP contribution in [0.4, 0.5) is 0 Å². The van der Waals surface area contributed by atoms with E-state index in [2.05, 4.69) is 0 Å². The van der Waals surface area contributed by atoms with Gasteiger partial charge < -0.3 is 5.11 Å². The van der Waals surface area contributed by atoms with E-state index in [0.717, 1.165) is 10.5 Å². The number of benzene rings is 1. The van der Waals surface area contributed by atoms with E-state index in [9.17, 15) is 4.79 Å². The van der Waals surface area contributed by atoms with Crippen LogP contribution in [0.1, 0.15) is 5.56 Å². The van der Waals surface area contributed by atoms with E-state index in [4.69, 9.17) is 16.7 Å². The minimum absolute atomic E-state index is 0.389. The topological polar surface area (TPSA) is 37.3 Å². The molecule has 76 valence electrons. The van der Waals surface area contributed by atoms with Gasteiger partial charge in [-0.2, -0.15) is 0 Å². The lowest BCUT2D eigenvalue weighted by atomic mass is 10.2. The molecule has 14 heavy (non-hydrogen) atoms. The fourth-order valence-electron chi connectivity index (χ4n) is 0.946. The van der Waals surface area contributed by atoms with Gasteiger partial charge >= 0.3 is 5.97 Å². The number of hydrogen-bond acceptors (Lipinski definition) is 2. The summed E-state index contributed by atoms with van der Waals surface area (Å²) in [6, 6.07) is 7.90. The van der Waals surface area contributed by atoms with Crippen LogP contribution in [0.25, 0.3) is 0 Å². The normalized spacial score (nSPS) is 12.4. The van der Waals surface area contributed by atoms with Crippen molar-refractivity contribution in [1.82, 2.24) is 0 Å². The van der Waals surface area contributed by atoms with Crippen molar-refractivity contribution in [2.24, 2.45) is 0 Å². The first kappa shape index (κ1) is 11.4. The maximum absolute atomic E-state index is 10.4. The van der Waals surface area contributed by atoms with E-state index in [1.165, 1.54) is 11.8 Å². The summed E-state index contributed by atoms with van der Waals surface area (Å²) in [5, 5.41) is 7.75. The molecule has 0 radical (unpaired) electrons. The first-order valence-electron chi connectivity index (χ1n) is 4.16. The molecule has 0 aliphatic rings. The van der Waals surface area contributed by atoms with Crippen LogP contribution in [-0.2, 0) is 4.79 Å². The zero-order valence-corrected chi connectivity index (χ0v) is 9.31. The third-order valence-corrected chi connectivity index (χ3v) is 3.27. The third-order valence-electron chi connectivity index (χ3n) is 1.65. The molecule has 0 bridgehead atoms. The number of halogens is 1. The minimum Gasteiger partial charge on any atom is -0.480 e. The van der Waals surface area contributed by atoms with E-state index in [1.54, 1.807) is 0 Å². The quantitative estimate of drug-likeness (QED) is 0.639. The number of rotatable bonds is 4. The zero-order valence-electron chi connectivity index (χ0n) is 7.74. The number of carboxylic acid groups (broad SMARTS) is 1. The molecule has 0 saturated carbocycles. The second-order valence-corrected chi connectivity index (χ2v) is 4.55. The Morgan fingerprint density at radius 2 is 2.36 bits per heavy atom. The van der Waals surface area contributed by atoms with Crippen molar-refractivity contribution in [3.63, 3.8) is 0 Å². The molecule has 1 unspecified atom stereocenters. The predicted molar refractivity (Wildman–Crippen MR) is 59.2 cm³/mol. The second kappa shape index (κ2) is 5.27. The SMILES string of the molecule is Cc1cccc(SCC(Cl)C(=O)O)c1. The van der Waals surface area contributed by atoms with Crippen molar-refractivity contribution < 1.29 is 9.90 Å². The van der Waals surface area contributed by atoms with Crippen LogP contribution >= 0.6 is 23.4 Å². The fourth-order valence-corrected chi connectivity index (χ4v) is 2.06. The van der Waals surface area contributed by atoms with Gasteiger partial charge in [0.05, 0.1) is 0 Å². The van der Waals surface area contributed by atoms with Gasteiger partial charge in [-0.15, -0.1) is 23.4 Å². The Kier molecular flexibility index (Phi) is 4.29. The summed E-state index contributed by atoms with van der Waals surface area (Å²) in [5.41, 5.74) is 1.16. The van der Waals surface area contributed by atoms with Crippen LogP contribution in [0.15, 0.2) is 29.2 Å². The number of thioether (sulfide) groups is 1. The molecule has 0 amide bonds. The Labute approximate surface area is 92.3 Å². The van der Waals surface area contributed by atoms with Gasteiger partial charge in [0.15, 0.2) is 0 Å². The molecule has 0 aliphatic carbocycles. The highest BCUT2D eigenvalue weighted by molar-refractivity contribution is 7.99. The highest BCUT2D eigenvalue weighted by Crippen LogP contribution is 2.21. The van der Waals surface area contributed by atoms with Crippen molar-refractivity contribution in [2.75, 3.05) is 5.75 Å². The monoisotopic (exact) mass is 230 g/mol. The van der Waals surface area contributed by atoms with E-state index in [0.29, 0.717) is 5.75 Å². The Morgan fingerprint density at radius 3 is 2.93 bits per heavy atom. The molecular weight excluding hydrogens is 220 g/mol. The Balaban J connectivity index is 2.49. The van der Waals surface area contributed by atoms with Gasteiger partial charge in [-0.25, -0.2) is 0 Å². The van der Waals surface area contributed by atoms with E-state index >= 15 is 0 Å². The number of hydrogen-bond donors (Lipinski definition) is 1. The number of aryl methyl sites for hydroxylation is 1. The van der Waals surface area contributed by atoms with Gasteiger partial charge in [0, 0.05) is 10.6 Å². The van der Waals surface area contributed by atoms with Crippen LogP contribution in [0.5, 0.6) is 0 Å². The number of carboxylic acids is 1. The van der Waals surface area contributed by atoms with Crippen molar-refractivity contribution >= 4 is 29.3 Å². The smallest absolute Gasteiger partial charge is 0.322 e. The van der Waals surface area contributed by atoms with Gasteiger partial charge in [-0.1, -0.05) is 17.7 Å². The van der Waals surface area contributed by atoms with Gasteiger partial charge in [0.2, 0.25) is 0 Å². The van der Waals surface area contributed by atoms with Gasteiger partial charge in [-0.05, 0) is 19.1 Å². The maximum atomic E-state index is 10.4. The lowest BCUT2D eigenvalue weighted by Crippen LogP contribution is -2.15. The molecular formula is C10H11ClO2S. The molecule has 0 saturated heterocycles. The molecule has 1 rings (SSSR count). The van der Waals surface area contributed by atoms with Crippen molar-refractivity contribution in [3.8, 4) is 0 Å². The number of alkyl halides is 1. The van der Waals surface area contributed by atoms with Crippen molar-refractivity contribution in [3.05, 3.63) is 29.8 Å². The van der Waals surface area contributed by atoms with Gasteiger partial charge in [0.25, 0.3) is 0 Å². The third kappa shape index (κ3) is 3.60. The van der Waals surface area contributed by atoms with E-state index < -0.39 is 11.3 Å². The Hall–Kier alpha value is -0.670. The number of aliphatic carboxylic acids is 1. The minimum atomic E-state index is -0.966. The lowest BCUT2D eigenvalue weighted by Gasteiger charge is -2.04. The lowest BCUT2D eigenvalue weighted by molar-refractivity contribution is -0.136. The number of carbonyl (C=O) groups is 1. The summed E-state index contributed by atoms with van der Waals surface area (Å²) >= 11 is 7.04.